The summed E-state index contributed by atoms with van der Waals surface area (Å²) in [6.45, 7) is 7.88. The highest BCUT2D eigenvalue weighted by Gasteiger charge is 2.32. The van der Waals surface area contributed by atoms with E-state index in [1.165, 1.54) is 48.5 Å². The summed E-state index contributed by atoms with van der Waals surface area (Å²) in [6, 6.07) is 18.5. The van der Waals surface area contributed by atoms with Crippen molar-refractivity contribution in [1.29, 1.82) is 0 Å². The molecule has 172 valence electrons. The Hall–Kier alpha value is -3.16. The van der Waals surface area contributed by atoms with Crippen LogP contribution < -0.4 is 5.43 Å². The van der Waals surface area contributed by atoms with Crippen LogP contribution in [0.1, 0.15) is 52.6 Å². The van der Waals surface area contributed by atoms with E-state index in [0.717, 1.165) is 11.1 Å². The number of amides is 2. The Kier molecular flexibility index (Phi) is 6.95. The number of carbonyl (C=O) groups excluding carboxylic acids is 2. The highest BCUT2D eigenvalue weighted by Crippen LogP contribution is 2.25. The number of benzene rings is 3. The van der Waals surface area contributed by atoms with Crippen molar-refractivity contribution in [2.75, 3.05) is 0 Å². The van der Waals surface area contributed by atoms with E-state index in [-0.39, 0.29) is 21.4 Å². The third kappa shape index (κ3) is 5.61. The van der Waals surface area contributed by atoms with Gasteiger partial charge in [0.15, 0.2) is 0 Å². The van der Waals surface area contributed by atoms with Crippen molar-refractivity contribution in [1.82, 2.24) is 9.84 Å². The molecule has 2 amide bonds. The molecule has 8 heteroatoms. The number of nitrogens with zero attached hydrogens (tertiary/aromatic N) is 1. The van der Waals surface area contributed by atoms with E-state index in [9.17, 15) is 18.0 Å². The molecule has 33 heavy (non-hydrogen) atoms. The van der Waals surface area contributed by atoms with E-state index < -0.39 is 21.8 Å². The number of hydrogen-bond acceptors (Lipinski definition) is 4. The molecule has 0 atom stereocenters. The van der Waals surface area contributed by atoms with Gasteiger partial charge in [-0.3, -0.25) is 9.59 Å². The van der Waals surface area contributed by atoms with Gasteiger partial charge in [-0.2, -0.15) is 8.42 Å². The lowest BCUT2D eigenvalue weighted by molar-refractivity contribution is 0.0724. The van der Waals surface area contributed by atoms with Crippen LogP contribution >= 0.6 is 11.6 Å². The second kappa shape index (κ2) is 9.37. The number of aryl methyl sites for hydroxylation is 1. The molecule has 0 aliphatic rings. The van der Waals surface area contributed by atoms with Gasteiger partial charge >= 0.3 is 0 Å². The lowest BCUT2D eigenvalue weighted by atomic mass is 9.87. The first kappa shape index (κ1) is 24.5. The predicted octanol–water partition coefficient (Wildman–Crippen LogP) is 5.12. The molecule has 0 aromatic heterocycles. The van der Waals surface area contributed by atoms with E-state index >= 15 is 0 Å². The zero-order valence-electron chi connectivity index (χ0n) is 18.8. The summed E-state index contributed by atoms with van der Waals surface area (Å²) in [7, 11) is -4.41. The van der Waals surface area contributed by atoms with E-state index in [2.05, 4.69) is 5.43 Å². The predicted molar refractivity (Wildman–Crippen MR) is 129 cm³/mol. The molecule has 0 saturated carbocycles. The van der Waals surface area contributed by atoms with Crippen molar-refractivity contribution in [3.05, 3.63) is 100 Å². The van der Waals surface area contributed by atoms with Crippen LogP contribution in [0, 0.1) is 6.92 Å². The Morgan fingerprint density at radius 3 is 1.85 bits per heavy atom. The zero-order valence-corrected chi connectivity index (χ0v) is 20.4. The van der Waals surface area contributed by atoms with Crippen molar-refractivity contribution in [2.24, 2.45) is 0 Å². The highest BCUT2D eigenvalue weighted by molar-refractivity contribution is 7.89. The van der Waals surface area contributed by atoms with Gasteiger partial charge in [0.25, 0.3) is 21.8 Å². The molecule has 0 aliphatic heterocycles. The molecule has 3 aromatic rings. The molecular formula is C25H25ClN2O4S. The molecule has 0 heterocycles. The zero-order chi connectivity index (χ0) is 24.4. The molecular weight excluding hydrogens is 460 g/mol. The molecule has 0 radical (unpaired) electrons. The Balaban J connectivity index is 2.02. The summed E-state index contributed by atoms with van der Waals surface area (Å²) in [4.78, 5) is 25.9. The number of carbonyl (C=O) groups is 2. The molecule has 0 fully saturated rings. The van der Waals surface area contributed by atoms with Gasteiger partial charge < -0.3 is 0 Å². The molecule has 0 saturated heterocycles. The van der Waals surface area contributed by atoms with Crippen molar-refractivity contribution in [3.63, 3.8) is 0 Å². The quantitative estimate of drug-likeness (QED) is 0.521. The normalized spacial score (nSPS) is 11.7. The summed E-state index contributed by atoms with van der Waals surface area (Å²) in [5.41, 5.74) is 4.19. The number of sulfonamides is 1. The molecule has 3 aromatic carbocycles. The minimum Gasteiger partial charge on any atom is -0.267 e. The van der Waals surface area contributed by atoms with Crippen LogP contribution in [-0.2, 0) is 15.4 Å². The van der Waals surface area contributed by atoms with Gasteiger partial charge in [0.05, 0.1) is 4.90 Å². The fourth-order valence-corrected chi connectivity index (χ4v) is 4.37. The molecule has 6 nitrogen and oxygen atoms in total. The molecule has 0 spiro atoms. The van der Waals surface area contributed by atoms with E-state index in [1.807, 2.05) is 27.7 Å². The van der Waals surface area contributed by atoms with Crippen LogP contribution in [0.25, 0.3) is 0 Å². The number of nitrogens with one attached hydrogen (secondary N) is 1. The van der Waals surface area contributed by atoms with Gasteiger partial charge in [0.2, 0.25) is 0 Å². The van der Waals surface area contributed by atoms with Gasteiger partial charge in [-0.15, -0.1) is 4.41 Å². The van der Waals surface area contributed by atoms with E-state index in [4.69, 9.17) is 11.6 Å². The molecule has 0 unspecified atom stereocenters. The highest BCUT2D eigenvalue weighted by atomic mass is 35.5. The lowest BCUT2D eigenvalue weighted by Crippen LogP contribution is -2.49. The number of rotatable bonds is 4. The maximum Gasteiger partial charge on any atom is 0.286 e. The average molecular weight is 485 g/mol. The van der Waals surface area contributed by atoms with Gasteiger partial charge in [-0.05, 0) is 66.4 Å². The largest absolute Gasteiger partial charge is 0.286 e. The van der Waals surface area contributed by atoms with Gasteiger partial charge in [0.1, 0.15) is 0 Å². The van der Waals surface area contributed by atoms with Crippen LogP contribution in [0.15, 0.2) is 77.7 Å². The minimum atomic E-state index is -4.41. The van der Waals surface area contributed by atoms with Crippen LogP contribution in [0.2, 0.25) is 5.02 Å². The van der Waals surface area contributed by atoms with Crippen LogP contribution in [0.5, 0.6) is 0 Å². The fourth-order valence-electron chi connectivity index (χ4n) is 3.02. The third-order valence-corrected chi connectivity index (χ3v) is 6.91. The van der Waals surface area contributed by atoms with Crippen LogP contribution in [-0.4, -0.2) is 24.6 Å². The van der Waals surface area contributed by atoms with Crippen LogP contribution in [0.4, 0.5) is 0 Å². The maximum atomic E-state index is 13.5. The fraction of sp³-hybridized carbons (Fsp3) is 0.200. The van der Waals surface area contributed by atoms with E-state index in [1.54, 1.807) is 24.3 Å². The minimum absolute atomic E-state index is 0.117. The average Bonchev–Trinajstić information content (AvgIpc) is 2.77. The molecule has 0 aliphatic carbocycles. The van der Waals surface area contributed by atoms with Crippen LogP contribution in [0.3, 0.4) is 0 Å². The van der Waals surface area contributed by atoms with E-state index in [0.29, 0.717) is 9.44 Å². The Labute approximate surface area is 199 Å². The molecule has 0 bridgehead atoms. The molecule has 1 N–H and O–H groups in total. The Bertz CT molecular complexity index is 1260. The topological polar surface area (TPSA) is 83.6 Å². The summed E-state index contributed by atoms with van der Waals surface area (Å²) in [5, 5.41) is 0.422. The number of hydrogen-bond donors (Lipinski definition) is 1. The van der Waals surface area contributed by atoms with Gasteiger partial charge in [0, 0.05) is 16.1 Å². The maximum absolute atomic E-state index is 13.5. The Morgan fingerprint density at radius 1 is 0.818 bits per heavy atom. The third-order valence-electron chi connectivity index (χ3n) is 5.05. The van der Waals surface area contributed by atoms with Crippen molar-refractivity contribution < 1.29 is 18.0 Å². The first-order valence-corrected chi connectivity index (χ1v) is 12.0. The summed E-state index contributed by atoms with van der Waals surface area (Å²) >= 11 is 5.87. The lowest BCUT2D eigenvalue weighted by Gasteiger charge is -2.24. The van der Waals surface area contributed by atoms with Crippen molar-refractivity contribution in [3.8, 4) is 0 Å². The second-order valence-corrected chi connectivity index (χ2v) is 10.9. The monoisotopic (exact) mass is 484 g/mol. The summed E-state index contributed by atoms with van der Waals surface area (Å²) in [5.74, 6) is -1.64. The standard InChI is InChI=1S/C25H25ClN2O4S/c1-17-5-7-19(8-6-17)24(30)28(27-23(29)18-9-13-21(26)14-10-18)33(31,32)22-15-11-20(12-16-22)25(2,3)4/h5-16H,1-4H3,(H,27,29). The number of halogens is 1. The van der Waals surface area contributed by atoms with Gasteiger partial charge in [-0.1, -0.05) is 62.2 Å². The second-order valence-electron chi connectivity index (χ2n) is 8.66. The summed E-state index contributed by atoms with van der Waals surface area (Å²) in [6.07, 6.45) is 0. The van der Waals surface area contributed by atoms with Gasteiger partial charge in [-0.25, -0.2) is 5.43 Å². The molecule has 3 rings (SSSR count). The van der Waals surface area contributed by atoms with Crippen molar-refractivity contribution in [2.45, 2.75) is 38.0 Å². The van der Waals surface area contributed by atoms with Crippen molar-refractivity contribution >= 4 is 33.4 Å². The first-order chi connectivity index (χ1) is 15.4. The SMILES string of the molecule is Cc1ccc(C(=O)N(NC(=O)c2ccc(Cl)cc2)S(=O)(=O)c2ccc(C(C)(C)C)cc2)cc1. The Morgan fingerprint density at radius 2 is 1.33 bits per heavy atom. The first-order valence-electron chi connectivity index (χ1n) is 10.2. The summed E-state index contributed by atoms with van der Waals surface area (Å²) < 4.78 is 27.3. The number of hydrazine groups is 1. The smallest absolute Gasteiger partial charge is 0.267 e.